The fourth-order valence-corrected chi connectivity index (χ4v) is 4.93. The van der Waals surface area contributed by atoms with Crippen LogP contribution in [0, 0.1) is 0 Å². The third-order valence-electron chi connectivity index (χ3n) is 6.18. The van der Waals surface area contributed by atoms with Crippen molar-refractivity contribution in [2.75, 3.05) is 35.0 Å². The van der Waals surface area contributed by atoms with Gasteiger partial charge in [-0.1, -0.05) is 6.07 Å². The second-order valence-electron chi connectivity index (χ2n) is 8.06. The minimum absolute atomic E-state index is 0.156. The summed E-state index contributed by atoms with van der Waals surface area (Å²) in [6.07, 6.45) is -2.01. The first kappa shape index (κ1) is 23.7. The largest absolute Gasteiger partial charge is 0.493 e. The van der Waals surface area contributed by atoms with E-state index < -0.39 is 36.2 Å². The van der Waals surface area contributed by atoms with Gasteiger partial charge in [-0.25, -0.2) is 0 Å². The minimum Gasteiger partial charge on any atom is -0.493 e. The summed E-state index contributed by atoms with van der Waals surface area (Å²) in [4.78, 5) is 24.1. The lowest BCUT2D eigenvalue weighted by Crippen LogP contribution is -2.31. The van der Waals surface area contributed by atoms with E-state index in [2.05, 4.69) is 0 Å². The average Bonchev–Trinajstić information content (AvgIpc) is 3.18. The highest BCUT2D eigenvalue weighted by atomic mass is 16.6. The Morgan fingerprint density at radius 1 is 0.824 bits per heavy atom. The molecule has 4 atom stereocenters. The predicted octanol–water partition coefficient (Wildman–Crippen LogP) is 3.42. The van der Waals surface area contributed by atoms with E-state index in [1.807, 2.05) is 18.2 Å². The Morgan fingerprint density at radius 2 is 1.47 bits per heavy atom. The zero-order valence-corrected chi connectivity index (χ0v) is 20.0. The van der Waals surface area contributed by atoms with E-state index in [0.717, 1.165) is 11.1 Å². The molecule has 9 heteroatoms. The van der Waals surface area contributed by atoms with Gasteiger partial charge in [-0.15, -0.1) is 0 Å². The summed E-state index contributed by atoms with van der Waals surface area (Å²) in [5.41, 5.74) is 2.88. The number of methoxy groups -OCH3 is 4. The zero-order valence-electron chi connectivity index (χ0n) is 20.0. The predicted molar refractivity (Wildman–Crippen MR) is 121 cm³/mol. The summed E-state index contributed by atoms with van der Waals surface area (Å²) >= 11 is 0. The van der Waals surface area contributed by atoms with Crippen molar-refractivity contribution >= 4 is 11.9 Å². The molecular formula is C25H28O9. The standard InChI is InChI=1S/C25H28O9/c1-12(26)33-20-11-32-25-22(20)16-10-19(30-5)18(29-4)9-15(16)21-14(23(25)34-13(2)27)7-8-17(28-3)24(21)31-6/h7-10,20,22-23,25H,11H2,1-6H3/t20-,22+,23+,25+/m1/s1. The fourth-order valence-electron chi connectivity index (χ4n) is 4.93. The summed E-state index contributed by atoms with van der Waals surface area (Å²) < 4.78 is 40.1. The Hall–Kier alpha value is -3.46. The smallest absolute Gasteiger partial charge is 0.303 e. The van der Waals surface area contributed by atoms with Gasteiger partial charge in [-0.05, 0) is 29.3 Å². The van der Waals surface area contributed by atoms with Crippen molar-refractivity contribution in [3.63, 3.8) is 0 Å². The molecule has 1 aliphatic carbocycles. The molecule has 0 spiro atoms. The maximum absolute atomic E-state index is 12.2. The first-order valence-corrected chi connectivity index (χ1v) is 10.8. The van der Waals surface area contributed by atoms with Gasteiger partial charge < -0.3 is 33.2 Å². The first-order chi connectivity index (χ1) is 16.3. The van der Waals surface area contributed by atoms with E-state index >= 15 is 0 Å². The molecular weight excluding hydrogens is 444 g/mol. The molecule has 34 heavy (non-hydrogen) atoms. The Kier molecular flexibility index (Phi) is 6.56. The number of hydrogen-bond donors (Lipinski definition) is 0. The van der Waals surface area contributed by atoms with Gasteiger partial charge >= 0.3 is 11.9 Å². The van der Waals surface area contributed by atoms with Gasteiger partial charge in [-0.3, -0.25) is 9.59 Å². The molecule has 9 nitrogen and oxygen atoms in total. The van der Waals surface area contributed by atoms with Crippen molar-refractivity contribution in [1.82, 2.24) is 0 Å². The molecule has 1 saturated heterocycles. The molecule has 0 unspecified atom stereocenters. The summed E-state index contributed by atoms with van der Waals surface area (Å²) in [6, 6.07) is 7.27. The average molecular weight is 472 g/mol. The molecule has 1 fully saturated rings. The molecule has 0 radical (unpaired) electrons. The van der Waals surface area contributed by atoms with Gasteiger partial charge in [-0.2, -0.15) is 0 Å². The van der Waals surface area contributed by atoms with Crippen molar-refractivity contribution in [3.8, 4) is 34.1 Å². The van der Waals surface area contributed by atoms with Gasteiger partial charge in [0.1, 0.15) is 12.2 Å². The second kappa shape index (κ2) is 9.42. The van der Waals surface area contributed by atoms with Crippen molar-refractivity contribution in [3.05, 3.63) is 35.4 Å². The molecule has 2 aromatic carbocycles. The van der Waals surface area contributed by atoms with Gasteiger partial charge in [0, 0.05) is 25.0 Å². The summed E-state index contributed by atoms with van der Waals surface area (Å²) in [6.45, 7) is 2.85. The SMILES string of the molecule is COc1cc2c(cc1OC)[C@@H]1[C@H](OC[C@H]1OC(C)=O)[C@@H](OC(C)=O)c1ccc(OC)c(OC)c1-2. The maximum Gasteiger partial charge on any atom is 0.303 e. The molecule has 0 amide bonds. The first-order valence-electron chi connectivity index (χ1n) is 10.8. The third kappa shape index (κ3) is 3.90. The number of carbonyl (C=O) groups excluding carboxylic acids is 2. The Bertz CT molecular complexity index is 1110. The fraction of sp³-hybridized carbons (Fsp3) is 0.440. The van der Waals surface area contributed by atoms with Crippen LogP contribution in [-0.4, -0.2) is 59.2 Å². The Balaban J connectivity index is 2.09. The van der Waals surface area contributed by atoms with Crippen molar-refractivity contribution in [2.45, 2.75) is 38.1 Å². The van der Waals surface area contributed by atoms with E-state index in [4.69, 9.17) is 33.2 Å². The highest BCUT2D eigenvalue weighted by Crippen LogP contribution is 2.55. The number of fused-ring (bicyclic) bond motifs is 5. The third-order valence-corrected chi connectivity index (χ3v) is 6.18. The second-order valence-corrected chi connectivity index (χ2v) is 8.06. The van der Waals surface area contributed by atoms with E-state index in [-0.39, 0.29) is 6.61 Å². The van der Waals surface area contributed by atoms with Gasteiger partial charge in [0.25, 0.3) is 0 Å². The van der Waals surface area contributed by atoms with Crippen LogP contribution in [0.25, 0.3) is 11.1 Å². The van der Waals surface area contributed by atoms with Gasteiger partial charge in [0.2, 0.25) is 0 Å². The number of carbonyl (C=O) groups is 2. The van der Waals surface area contributed by atoms with E-state index in [1.54, 1.807) is 34.5 Å². The summed E-state index contributed by atoms with van der Waals surface area (Å²) in [5, 5.41) is 0. The van der Waals surface area contributed by atoms with Crippen molar-refractivity contribution in [1.29, 1.82) is 0 Å². The molecule has 4 rings (SSSR count). The van der Waals surface area contributed by atoms with E-state index in [1.165, 1.54) is 13.8 Å². The Morgan fingerprint density at radius 3 is 2.06 bits per heavy atom. The van der Waals surface area contributed by atoms with Crippen LogP contribution in [0.3, 0.4) is 0 Å². The van der Waals surface area contributed by atoms with Crippen LogP contribution < -0.4 is 18.9 Å². The van der Waals surface area contributed by atoms with Gasteiger partial charge in [0.05, 0.1) is 41.0 Å². The number of ether oxygens (including phenoxy) is 7. The molecule has 1 aliphatic heterocycles. The molecule has 0 aromatic heterocycles. The zero-order chi connectivity index (χ0) is 24.6. The van der Waals surface area contributed by atoms with Crippen LogP contribution in [0.4, 0.5) is 0 Å². The van der Waals surface area contributed by atoms with Crippen LogP contribution in [0.2, 0.25) is 0 Å². The van der Waals surface area contributed by atoms with Crippen molar-refractivity contribution in [2.24, 2.45) is 0 Å². The molecule has 0 bridgehead atoms. The minimum atomic E-state index is -0.790. The lowest BCUT2D eigenvalue weighted by molar-refractivity contribution is -0.154. The highest BCUT2D eigenvalue weighted by Gasteiger charge is 2.50. The maximum atomic E-state index is 12.2. The molecule has 0 saturated carbocycles. The number of hydrogen-bond acceptors (Lipinski definition) is 9. The van der Waals surface area contributed by atoms with E-state index in [9.17, 15) is 9.59 Å². The molecule has 2 aliphatic rings. The molecule has 182 valence electrons. The van der Waals surface area contributed by atoms with Gasteiger partial charge in [0.15, 0.2) is 29.1 Å². The lowest BCUT2D eigenvalue weighted by atomic mass is 9.86. The van der Waals surface area contributed by atoms with Crippen LogP contribution in [0.1, 0.15) is 37.0 Å². The van der Waals surface area contributed by atoms with Crippen LogP contribution in [0.15, 0.2) is 24.3 Å². The number of rotatable bonds is 6. The van der Waals surface area contributed by atoms with Crippen LogP contribution in [0.5, 0.6) is 23.0 Å². The van der Waals surface area contributed by atoms with E-state index in [0.29, 0.717) is 34.1 Å². The summed E-state index contributed by atoms with van der Waals surface area (Å²) in [7, 11) is 6.19. The number of benzene rings is 2. The molecule has 0 N–H and O–H groups in total. The summed E-state index contributed by atoms with van der Waals surface area (Å²) in [5.74, 6) is 0.630. The topological polar surface area (TPSA) is 98.8 Å². The lowest BCUT2D eigenvalue weighted by Gasteiger charge is -2.28. The van der Waals surface area contributed by atoms with Crippen LogP contribution >= 0.6 is 0 Å². The Labute approximate surface area is 197 Å². The molecule has 2 aromatic rings. The highest BCUT2D eigenvalue weighted by molar-refractivity contribution is 5.84. The molecule has 1 heterocycles. The monoisotopic (exact) mass is 472 g/mol. The normalized spacial score (nSPS) is 22.4. The van der Waals surface area contributed by atoms with Crippen molar-refractivity contribution < 1.29 is 42.7 Å². The number of esters is 2. The quantitative estimate of drug-likeness (QED) is 0.586. The van der Waals surface area contributed by atoms with Crippen LogP contribution in [-0.2, 0) is 23.8 Å².